The van der Waals surface area contributed by atoms with Gasteiger partial charge < -0.3 is 5.32 Å². The Morgan fingerprint density at radius 3 is 2.43 bits per heavy atom. The molecule has 3 amide bonds. The normalized spacial score (nSPS) is 13.0. The maximum atomic E-state index is 12.3. The lowest BCUT2D eigenvalue weighted by molar-refractivity contribution is -0.121. The van der Waals surface area contributed by atoms with E-state index in [1.165, 1.54) is 4.90 Å². The highest BCUT2D eigenvalue weighted by atomic mass is 35.5. The van der Waals surface area contributed by atoms with Crippen LogP contribution >= 0.6 is 23.4 Å². The molecule has 0 spiro atoms. The molecular formula is C21H21ClN2O3S. The summed E-state index contributed by atoms with van der Waals surface area (Å²) in [7, 11) is 0. The number of nitrogens with zero attached hydrogens (tertiary/aromatic N) is 1. The third kappa shape index (κ3) is 5.14. The fourth-order valence-electron chi connectivity index (χ4n) is 3.01. The fourth-order valence-corrected chi connectivity index (χ4v) is 4.03. The molecule has 0 aromatic heterocycles. The van der Waals surface area contributed by atoms with Crippen LogP contribution in [0.4, 0.5) is 0 Å². The second-order valence-electron chi connectivity index (χ2n) is 6.44. The summed E-state index contributed by atoms with van der Waals surface area (Å²) < 4.78 is 0. The second-order valence-corrected chi connectivity index (χ2v) is 7.99. The van der Waals surface area contributed by atoms with Crippen LogP contribution in [-0.4, -0.2) is 41.5 Å². The molecular weight excluding hydrogens is 396 g/mol. The smallest absolute Gasteiger partial charge is 0.261 e. The van der Waals surface area contributed by atoms with Gasteiger partial charge in [-0.1, -0.05) is 35.9 Å². The summed E-state index contributed by atoms with van der Waals surface area (Å²) in [6.07, 6.45) is 0.735. The first-order valence-electron chi connectivity index (χ1n) is 9.10. The molecule has 0 aliphatic carbocycles. The lowest BCUT2D eigenvalue weighted by Gasteiger charge is -2.13. The Hall–Kier alpha value is -2.31. The number of nitrogens with one attached hydrogen (secondary N) is 1. The van der Waals surface area contributed by atoms with E-state index in [9.17, 15) is 14.4 Å². The highest BCUT2D eigenvalue weighted by Gasteiger charge is 2.34. The lowest BCUT2D eigenvalue weighted by Crippen LogP contribution is -2.32. The van der Waals surface area contributed by atoms with E-state index < -0.39 is 0 Å². The van der Waals surface area contributed by atoms with Gasteiger partial charge in [-0.05, 0) is 36.2 Å². The number of amides is 3. The van der Waals surface area contributed by atoms with Crippen molar-refractivity contribution in [3.05, 3.63) is 70.2 Å². The van der Waals surface area contributed by atoms with Crippen LogP contribution in [0.2, 0.25) is 5.02 Å². The average Bonchev–Trinajstić information content (AvgIpc) is 2.93. The number of hydrogen-bond donors (Lipinski definition) is 1. The molecule has 0 unspecified atom stereocenters. The van der Waals surface area contributed by atoms with Crippen LogP contribution in [0.15, 0.2) is 48.5 Å². The number of thioether (sulfide) groups is 1. The monoisotopic (exact) mass is 416 g/mol. The molecule has 28 heavy (non-hydrogen) atoms. The lowest BCUT2D eigenvalue weighted by atomic mass is 10.1. The van der Waals surface area contributed by atoms with Crippen molar-refractivity contribution in [2.75, 3.05) is 18.8 Å². The van der Waals surface area contributed by atoms with Gasteiger partial charge in [0.15, 0.2) is 0 Å². The average molecular weight is 417 g/mol. The standard InChI is InChI=1S/C21H21ClN2O3S/c22-16-6-3-5-15(13-16)14-28-12-10-23-19(25)9-4-11-24-20(26)17-7-1-2-8-18(17)21(24)27/h1-3,5-8,13H,4,9-12,14H2,(H,23,25). The molecule has 0 fully saturated rings. The van der Waals surface area contributed by atoms with Gasteiger partial charge in [0.1, 0.15) is 0 Å². The summed E-state index contributed by atoms with van der Waals surface area (Å²) >= 11 is 7.68. The molecule has 2 aromatic rings. The zero-order valence-electron chi connectivity index (χ0n) is 15.3. The highest BCUT2D eigenvalue weighted by molar-refractivity contribution is 7.98. The SMILES string of the molecule is O=C(CCCN1C(=O)c2ccccc2C1=O)NCCSCc1cccc(Cl)c1. The number of carbonyl (C=O) groups excluding carboxylic acids is 3. The van der Waals surface area contributed by atoms with Crippen LogP contribution in [0, 0.1) is 0 Å². The van der Waals surface area contributed by atoms with Gasteiger partial charge in [0.05, 0.1) is 11.1 Å². The minimum Gasteiger partial charge on any atom is -0.355 e. The molecule has 7 heteroatoms. The molecule has 1 aliphatic rings. The minimum atomic E-state index is -0.279. The van der Waals surface area contributed by atoms with Gasteiger partial charge in [-0.2, -0.15) is 11.8 Å². The Morgan fingerprint density at radius 2 is 1.75 bits per heavy atom. The van der Waals surface area contributed by atoms with Gasteiger partial charge in [-0.25, -0.2) is 0 Å². The van der Waals surface area contributed by atoms with Crippen LogP contribution in [-0.2, 0) is 10.5 Å². The number of halogens is 1. The van der Waals surface area contributed by atoms with Crippen LogP contribution in [0.3, 0.4) is 0 Å². The van der Waals surface area contributed by atoms with Crippen molar-refractivity contribution in [1.82, 2.24) is 10.2 Å². The predicted octanol–water partition coefficient (Wildman–Crippen LogP) is 3.77. The third-order valence-electron chi connectivity index (χ3n) is 4.39. The summed E-state index contributed by atoms with van der Waals surface area (Å²) in [6.45, 7) is 0.834. The van der Waals surface area contributed by atoms with Crippen molar-refractivity contribution in [3.63, 3.8) is 0 Å². The summed E-state index contributed by atoms with van der Waals surface area (Å²) in [6, 6.07) is 14.5. The fraction of sp³-hybridized carbons (Fsp3) is 0.286. The van der Waals surface area contributed by atoms with E-state index in [0.29, 0.717) is 24.1 Å². The first kappa shape index (κ1) is 20.4. The molecule has 1 heterocycles. The Kier molecular flexibility index (Phi) is 7.12. The van der Waals surface area contributed by atoms with E-state index >= 15 is 0 Å². The Morgan fingerprint density at radius 1 is 1.04 bits per heavy atom. The van der Waals surface area contributed by atoms with Gasteiger partial charge in [-0.15, -0.1) is 0 Å². The quantitative estimate of drug-likeness (QED) is 0.499. The summed E-state index contributed by atoms with van der Waals surface area (Å²) in [5.74, 6) is 1.02. The van der Waals surface area contributed by atoms with E-state index in [-0.39, 0.29) is 30.7 Å². The number of imide groups is 1. The molecule has 0 radical (unpaired) electrons. The molecule has 2 aromatic carbocycles. The summed E-state index contributed by atoms with van der Waals surface area (Å²) in [5, 5.41) is 3.60. The van der Waals surface area contributed by atoms with Gasteiger partial charge in [0, 0.05) is 36.0 Å². The Balaban J connectivity index is 1.31. The molecule has 5 nitrogen and oxygen atoms in total. The van der Waals surface area contributed by atoms with Crippen LogP contribution in [0.1, 0.15) is 39.1 Å². The van der Waals surface area contributed by atoms with E-state index in [4.69, 9.17) is 11.6 Å². The molecule has 0 saturated carbocycles. The minimum absolute atomic E-state index is 0.0695. The van der Waals surface area contributed by atoms with Gasteiger partial charge in [0.25, 0.3) is 11.8 Å². The van der Waals surface area contributed by atoms with Crippen molar-refractivity contribution >= 4 is 41.1 Å². The topological polar surface area (TPSA) is 66.5 Å². The third-order valence-corrected chi connectivity index (χ3v) is 5.66. The summed E-state index contributed by atoms with van der Waals surface area (Å²) in [4.78, 5) is 37.7. The number of carbonyl (C=O) groups is 3. The number of rotatable bonds is 9. The van der Waals surface area contributed by atoms with Crippen molar-refractivity contribution in [2.24, 2.45) is 0 Å². The Bertz CT molecular complexity index is 852. The maximum absolute atomic E-state index is 12.3. The first-order valence-corrected chi connectivity index (χ1v) is 10.6. The van der Waals surface area contributed by atoms with Crippen molar-refractivity contribution in [2.45, 2.75) is 18.6 Å². The van der Waals surface area contributed by atoms with E-state index in [2.05, 4.69) is 5.32 Å². The van der Waals surface area contributed by atoms with Crippen LogP contribution < -0.4 is 5.32 Å². The predicted molar refractivity (Wildman–Crippen MR) is 112 cm³/mol. The van der Waals surface area contributed by atoms with Crippen LogP contribution in [0.5, 0.6) is 0 Å². The van der Waals surface area contributed by atoms with E-state index in [1.54, 1.807) is 36.0 Å². The van der Waals surface area contributed by atoms with E-state index in [1.807, 2.05) is 24.3 Å². The Labute approximate surface area is 173 Å². The largest absolute Gasteiger partial charge is 0.355 e. The highest BCUT2D eigenvalue weighted by Crippen LogP contribution is 2.22. The molecule has 0 atom stereocenters. The number of benzene rings is 2. The maximum Gasteiger partial charge on any atom is 0.261 e. The zero-order valence-corrected chi connectivity index (χ0v) is 16.9. The van der Waals surface area contributed by atoms with Crippen molar-refractivity contribution < 1.29 is 14.4 Å². The van der Waals surface area contributed by atoms with E-state index in [0.717, 1.165) is 22.1 Å². The molecule has 1 aliphatic heterocycles. The molecule has 146 valence electrons. The van der Waals surface area contributed by atoms with Crippen molar-refractivity contribution in [1.29, 1.82) is 0 Å². The zero-order chi connectivity index (χ0) is 19.9. The number of fused-ring (bicyclic) bond motifs is 1. The van der Waals surface area contributed by atoms with Crippen LogP contribution in [0.25, 0.3) is 0 Å². The molecule has 0 bridgehead atoms. The summed E-state index contributed by atoms with van der Waals surface area (Å²) in [5.41, 5.74) is 2.03. The van der Waals surface area contributed by atoms with Gasteiger partial charge >= 0.3 is 0 Å². The number of hydrogen-bond acceptors (Lipinski definition) is 4. The molecule has 1 N–H and O–H groups in total. The molecule has 0 saturated heterocycles. The van der Waals surface area contributed by atoms with Gasteiger partial charge in [0.2, 0.25) is 5.91 Å². The second kappa shape index (κ2) is 9.75. The van der Waals surface area contributed by atoms with Gasteiger partial charge in [-0.3, -0.25) is 19.3 Å². The molecule has 3 rings (SSSR count). The van der Waals surface area contributed by atoms with Crippen molar-refractivity contribution in [3.8, 4) is 0 Å². The first-order chi connectivity index (χ1) is 13.6.